The molecule has 5 heteroatoms. The summed E-state index contributed by atoms with van der Waals surface area (Å²) in [7, 11) is 0. The SMILES string of the molecule is CCc1c(O)c2ncc(Cc3ccc(F)cc3)cc2[nH]c1=O. The largest absolute Gasteiger partial charge is 0.505 e. The highest BCUT2D eigenvalue weighted by molar-refractivity contribution is 5.81. The van der Waals surface area contributed by atoms with Crippen molar-refractivity contribution in [1.82, 2.24) is 9.97 Å². The van der Waals surface area contributed by atoms with Gasteiger partial charge in [-0.15, -0.1) is 0 Å². The van der Waals surface area contributed by atoms with Gasteiger partial charge in [0.05, 0.1) is 11.1 Å². The van der Waals surface area contributed by atoms with Crippen molar-refractivity contribution in [2.75, 3.05) is 0 Å². The first-order valence-electron chi connectivity index (χ1n) is 7.05. The van der Waals surface area contributed by atoms with Gasteiger partial charge in [0.2, 0.25) is 0 Å². The van der Waals surface area contributed by atoms with Gasteiger partial charge in [0.25, 0.3) is 5.56 Å². The molecule has 112 valence electrons. The lowest BCUT2D eigenvalue weighted by atomic mass is 10.1. The molecular weight excluding hydrogens is 283 g/mol. The molecule has 22 heavy (non-hydrogen) atoms. The predicted molar refractivity (Wildman–Crippen MR) is 82.6 cm³/mol. The van der Waals surface area contributed by atoms with Crippen molar-refractivity contribution in [3.63, 3.8) is 0 Å². The average Bonchev–Trinajstić information content (AvgIpc) is 2.50. The van der Waals surface area contributed by atoms with E-state index in [1.54, 1.807) is 31.3 Å². The summed E-state index contributed by atoms with van der Waals surface area (Å²) in [4.78, 5) is 18.9. The molecule has 2 heterocycles. The van der Waals surface area contributed by atoms with Gasteiger partial charge in [-0.25, -0.2) is 4.39 Å². The Morgan fingerprint density at radius 1 is 1.23 bits per heavy atom. The zero-order valence-corrected chi connectivity index (χ0v) is 12.1. The van der Waals surface area contributed by atoms with Crippen LogP contribution in [0.1, 0.15) is 23.6 Å². The topological polar surface area (TPSA) is 66.0 Å². The van der Waals surface area contributed by atoms with Crippen molar-refractivity contribution < 1.29 is 9.50 Å². The first-order valence-corrected chi connectivity index (χ1v) is 7.05. The number of nitrogens with one attached hydrogen (secondary N) is 1. The molecule has 3 rings (SSSR count). The first-order chi connectivity index (χ1) is 10.6. The molecule has 0 atom stereocenters. The quantitative estimate of drug-likeness (QED) is 0.781. The van der Waals surface area contributed by atoms with Gasteiger partial charge >= 0.3 is 0 Å². The van der Waals surface area contributed by atoms with Crippen LogP contribution in [0.15, 0.2) is 41.3 Å². The fraction of sp³-hybridized carbons (Fsp3) is 0.176. The summed E-state index contributed by atoms with van der Waals surface area (Å²) in [6.07, 6.45) is 2.67. The predicted octanol–water partition coefficient (Wildman–Crippen LogP) is 2.92. The summed E-state index contributed by atoms with van der Waals surface area (Å²) in [6, 6.07) is 8.02. The van der Waals surface area contributed by atoms with E-state index in [-0.39, 0.29) is 17.1 Å². The van der Waals surface area contributed by atoms with Crippen LogP contribution in [0.2, 0.25) is 0 Å². The molecule has 0 saturated heterocycles. The maximum absolute atomic E-state index is 12.9. The van der Waals surface area contributed by atoms with Gasteiger partial charge in [-0.1, -0.05) is 19.1 Å². The molecule has 0 bridgehead atoms. The number of aromatic nitrogens is 2. The van der Waals surface area contributed by atoms with E-state index >= 15 is 0 Å². The van der Waals surface area contributed by atoms with Gasteiger partial charge in [0.15, 0.2) is 5.75 Å². The normalized spacial score (nSPS) is 11.0. The van der Waals surface area contributed by atoms with Gasteiger partial charge in [0, 0.05) is 6.20 Å². The maximum atomic E-state index is 12.9. The summed E-state index contributed by atoms with van der Waals surface area (Å²) in [6.45, 7) is 1.80. The second-order valence-electron chi connectivity index (χ2n) is 5.18. The number of fused-ring (bicyclic) bond motifs is 1. The third kappa shape index (κ3) is 2.57. The lowest BCUT2D eigenvalue weighted by Gasteiger charge is -2.07. The van der Waals surface area contributed by atoms with Gasteiger partial charge in [-0.2, -0.15) is 0 Å². The summed E-state index contributed by atoms with van der Waals surface area (Å²) in [5.41, 5.74) is 2.75. The minimum Gasteiger partial charge on any atom is -0.505 e. The lowest BCUT2D eigenvalue weighted by Crippen LogP contribution is -2.12. The smallest absolute Gasteiger partial charge is 0.255 e. The van der Waals surface area contributed by atoms with Crippen LogP contribution in [0.3, 0.4) is 0 Å². The van der Waals surface area contributed by atoms with Gasteiger partial charge in [-0.3, -0.25) is 9.78 Å². The fourth-order valence-electron chi connectivity index (χ4n) is 2.50. The molecule has 0 saturated carbocycles. The van der Waals surface area contributed by atoms with Gasteiger partial charge in [0.1, 0.15) is 11.3 Å². The van der Waals surface area contributed by atoms with Crippen molar-refractivity contribution in [3.05, 3.63) is 69.4 Å². The zero-order valence-electron chi connectivity index (χ0n) is 12.1. The Labute approximate surface area is 126 Å². The van der Waals surface area contributed by atoms with Crippen LogP contribution in [-0.4, -0.2) is 15.1 Å². The fourth-order valence-corrected chi connectivity index (χ4v) is 2.50. The number of rotatable bonds is 3. The van der Waals surface area contributed by atoms with Crippen LogP contribution in [0, 0.1) is 5.82 Å². The molecule has 3 aromatic rings. The summed E-state index contributed by atoms with van der Waals surface area (Å²) < 4.78 is 12.9. The Balaban J connectivity index is 2.03. The zero-order chi connectivity index (χ0) is 15.7. The van der Waals surface area contributed by atoms with Crippen LogP contribution >= 0.6 is 0 Å². The number of hydrogen-bond donors (Lipinski definition) is 2. The van der Waals surface area contributed by atoms with Crippen molar-refractivity contribution in [1.29, 1.82) is 0 Å². The highest BCUT2D eigenvalue weighted by Crippen LogP contribution is 2.24. The summed E-state index contributed by atoms with van der Waals surface area (Å²) in [5.74, 6) is -0.337. The van der Waals surface area contributed by atoms with E-state index in [9.17, 15) is 14.3 Å². The van der Waals surface area contributed by atoms with E-state index in [1.807, 2.05) is 0 Å². The molecule has 1 aromatic carbocycles. The molecule has 0 aliphatic heterocycles. The number of halogens is 1. The Kier molecular flexibility index (Phi) is 3.63. The number of nitrogens with zero attached hydrogens (tertiary/aromatic N) is 1. The molecule has 2 aromatic heterocycles. The van der Waals surface area contributed by atoms with Gasteiger partial charge < -0.3 is 10.1 Å². The Hall–Kier alpha value is -2.69. The highest BCUT2D eigenvalue weighted by Gasteiger charge is 2.11. The minimum atomic E-state index is -0.298. The second kappa shape index (κ2) is 5.60. The second-order valence-corrected chi connectivity index (χ2v) is 5.18. The lowest BCUT2D eigenvalue weighted by molar-refractivity contribution is 0.472. The van der Waals surface area contributed by atoms with Crippen molar-refractivity contribution >= 4 is 11.0 Å². The number of pyridine rings is 2. The summed E-state index contributed by atoms with van der Waals surface area (Å²) in [5, 5.41) is 10.1. The number of aromatic hydroxyl groups is 1. The molecular formula is C17H15FN2O2. The Bertz CT molecular complexity index is 886. The van der Waals surface area contributed by atoms with Crippen LogP contribution < -0.4 is 5.56 Å². The van der Waals surface area contributed by atoms with Crippen LogP contribution in [0.4, 0.5) is 4.39 Å². The molecule has 0 aliphatic carbocycles. The van der Waals surface area contributed by atoms with E-state index in [2.05, 4.69) is 9.97 Å². The maximum Gasteiger partial charge on any atom is 0.255 e. The highest BCUT2D eigenvalue weighted by atomic mass is 19.1. The standard InChI is InChI=1S/C17H15FN2O2/c1-2-13-16(21)15-14(20-17(13)22)8-11(9-19-15)7-10-3-5-12(18)6-4-10/h3-6,8-9H,2,7H2,1H3,(H2,20,21,22). The molecule has 4 nitrogen and oxygen atoms in total. The minimum absolute atomic E-state index is 0.0606. The number of H-pyrrole nitrogens is 1. The van der Waals surface area contributed by atoms with E-state index in [1.165, 1.54) is 12.1 Å². The summed E-state index contributed by atoms with van der Waals surface area (Å²) >= 11 is 0. The van der Waals surface area contributed by atoms with Crippen molar-refractivity contribution in [2.24, 2.45) is 0 Å². The van der Waals surface area contributed by atoms with Crippen molar-refractivity contribution in [3.8, 4) is 5.75 Å². The Morgan fingerprint density at radius 3 is 2.64 bits per heavy atom. The monoisotopic (exact) mass is 298 g/mol. The van der Waals surface area contributed by atoms with Crippen molar-refractivity contribution in [2.45, 2.75) is 19.8 Å². The molecule has 2 N–H and O–H groups in total. The number of hydrogen-bond acceptors (Lipinski definition) is 3. The van der Waals surface area contributed by atoms with E-state index in [0.717, 1.165) is 11.1 Å². The molecule has 0 fully saturated rings. The molecule has 0 amide bonds. The van der Waals surface area contributed by atoms with Crippen LogP contribution in [0.5, 0.6) is 5.75 Å². The van der Waals surface area contributed by atoms with E-state index in [4.69, 9.17) is 0 Å². The van der Waals surface area contributed by atoms with E-state index in [0.29, 0.717) is 29.4 Å². The number of aromatic amines is 1. The molecule has 0 unspecified atom stereocenters. The average molecular weight is 298 g/mol. The molecule has 0 radical (unpaired) electrons. The Morgan fingerprint density at radius 2 is 1.95 bits per heavy atom. The molecule has 0 spiro atoms. The van der Waals surface area contributed by atoms with Crippen LogP contribution in [-0.2, 0) is 12.8 Å². The van der Waals surface area contributed by atoms with E-state index < -0.39 is 0 Å². The van der Waals surface area contributed by atoms with Gasteiger partial charge in [-0.05, 0) is 42.2 Å². The molecule has 0 aliphatic rings. The number of benzene rings is 1. The first kappa shape index (κ1) is 14.3. The third-order valence-electron chi connectivity index (χ3n) is 3.65. The third-order valence-corrected chi connectivity index (χ3v) is 3.65. The van der Waals surface area contributed by atoms with Crippen LogP contribution in [0.25, 0.3) is 11.0 Å².